The fourth-order valence-corrected chi connectivity index (χ4v) is 2.02. The lowest BCUT2D eigenvalue weighted by atomic mass is 10.0. The summed E-state index contributed by atoms with van der Waals surface area (Å²) < 4.78 is 7.46. The van der Waals surface area contributed by atoms with Gasteiger partial charge in [-0.2, -0.15) is 5.10 Å². The molecule has 0 aliphatic carbocycles. The van der Waals surface area contributed by atoms with Crippen LogP contribution in [0.3, 0.4) is 0 Å². The van der Waals surface area contributed by atoms with E-state index in [1.54, 1.807) is 6.20 Å². The summed E-state index contributed by atoms with van der Waals surface area (Å²) in [6.45, 7) is 2.81. The average molecular weight is 260 g/mol. The quantitative estimate of drug-likeness (QED) is 0.613. The SMILES string of the molecule is CCCOc1cccc(C(NN)c2ccnn2C)c1. The minimum absolute atomic E-state index is 0.0994. The number of nitrogens with one attached hydrogen (secondary N) is 1. The molecule has 1 aromatic carbocycles. The Morgan fingerprint density at radius 1 is 1.42 bits per heavy atom. The largest absolute Gasteiger partial charge is 0.494 e. The van der Waals surface area contributed by atoms with E-state index in [0.717, 1.165) is 30.0 Å². The molecule has 0 aliphatic heterocycles. The zero-order valence-electron chi connectivity index (χ0n) is 11.3. The molecule has 0 amide bonds. The van der Waals surface area contributed by atoms with Crippen molar-refractivity contribution in [2.24, 2.45) is 12.9 Å². The molecule has 0 saturated heterocycles. The third-order valence-corrected chi connectivity index (χ3v) is 2.99. The lowest BCUT2D eigenvalue weighted by Crippen LogP contribution is -2.30. The van der Waals surface area contributed by atoms with Crippen LogP contribution < -0.4 is 16.0 Å². The van der Waals surface area contributed by atoms with Crippen LogP contribution in [0.15, 0.2) is 36.5 Å². The van der Waals surface area contributed by atoms with Crippen LogP contribution in [0.2, 0.25) is 0 Å². The zero-order chi connectivity index (χ0) is 13.7. The maximum Gasteiger partial charge on any atom is 0.119 e. The molecule has 1 heterocycles. The van der Waals surface area contributed by atoms with Crippen molar-refractivity contribution >= 4 is 0 Å². The van der Waals surface area contributed by atoms with Crippen LogP contribution in [0, 0.1) is 0 Å². The maximum absolute atomic E-state index is 5.68. The molecule has 5 nitrogen and oxygen atoms in total. The van der Waals surface area contributed by atoms with Gasteiger partial charge in [-0.15, -0.1) is 0 Å². The standard InChI is InChI=1S/C14H20N4O/c1-3-9-19-12-6-4-5-11(10-12)14(17-15)13-7-8-16-18(13)2/h4-8,10,14,17H,3,9,15H2,1-2H3. The van der Waals surface area contributed by atoms with Gasteiger partial charge in [0.1, 0.15) is 5.75 Å². The topological polar surface area (TPSA) is 65.1 Å². The number of hydrogen-bond acceptors (Lipinski definition) is 4. The van der Waals surface area contributed by atoms with Crippen molar-refractivity contribution < 1.29 is 4.74 Å². The third-order valence-electron chi connectivity index (χ3n) is 2.99. The minimum atomic E-state index is -0.0994. The van der Waals surface area contributed by atoms with Gasteiger partial charge >= 0.3 is 0 Å². The summed E-state index contributed by atoms with van der Waals surface area (Å²) in [6.07, 6.45) is 2.75. The number of benzene rings is 1. The van der Waals surface area contributed by atoms with E-state index in [0.29, 0.717) is 0 Å². The highest BCUT2D eigenvalue weighted by atomic mass is 16.5. The predicted octanol–water partition coefficient (Wildman–Crippen LogP) is 1.76. The molecule has 0 radical (unpaired) electrons. The number of rotatable bonds is 6. The molecule has 1 unspecified atom stereocenters. The second-order valence-electron chi connectivity index (χ2n) is 4.40. The first-order valence-corrected chi connectivity index (χ1v) is 6.43. The normalized spacial score (nSPS) is 12.4. The van der Waals surface area contributed by atoms with Crippen LogP contribution in [0.4, 0.5) is 0 Å². The third kappa shape index (κ3) is 3.13. The fourth-order valence-electron chi connectivity index (χ4n) is 2.02. The lowest BCUT2D eigenvalue weighted by Gasteiger charge is -2.17. The summed E-state index contributed by atoms with van der Waals surface area (Å²) in [6, 6.07) is 9.81. The van der Waals surface area contributed by atoms with Crippen LogP contribution in [-0.4, -0.2) is 16.4 Å². The number of nitrogens with two attached hydrogens (primary N) is 1. The van der Waals surface area contributed by atoms with Crippen molar-refractivity contribution in [2.75, 3.05) is 6.61 Å². The first-order valence-electron chi connectivity index (χ1n) is 6.43. The molecule has 0 saturated carbocycles. The summed E-state index contributed by atoms with van der Waals surface area (Å²) in [5, 5.41) is 4.17. The van der Waals surface area contributed by atoms with E-state index in [4.69, 9.17) is 10.6 Å². The lowest BCUT2D eigenvalue weighted by molar-refractivity contribution is 0.317. The fraction of sp³-hybridized carbons (Fsp3) is 0.357. The van der Waals surface area contributed by atoms with E-state index in [1.807, 2.05) is 42.1 Å². The molecule has 2 aromatic rings. The van der Waals surface area contributed by atoms with Gasteiger partial charge in [-0.1, -0.05) is 19.1 Å². The molecule has 2 rings (SSSR count). The van der Waals surface area contributed by atoms with Gasteiger partial charge in [-0.3, -0.25) is 10.5 Å². The van der Waals surface area contributed by atoms with Crippen molar-refractivity contribution in [3.8, 4) is 5.75 Å². The Hall–Kier alpha value is -1.85. The van der Waals surface area contributed by atoms with Gasteiger partial charge < -0.3 is 4.74 Å². The first-order chi connectivity index (χ1) is 9.26. The van der Waals surface area contributed by atoms with Gasteiger partial charge in [0.05, 0.1) is 18.3 Å². The Morgan fingerprint density at radius 3 is 2.89 bits per heavy atom. The van der Waals surface area contributed by atoms with Gasteiger partial charge in [-0.05, 0) is 30.2 Å². The summed E-state index contributed by atoms with van der Waals surface area (Å²) in [4.78, 5) is 0. The van der Waals surface area contributed by atoms with Crippen LogP contribution in [0.1, 0.15) is 30.6 Å². The molecule has 1 atom stereocenters. The Morgan fingerprint density at radius 2 is 2.26 bits per heavy atom. The van der Waals surface area contributed by atoms with E-state index < -0.39 is 0 Å². The van der Waals surface area contributed by atoms with Gasteiger partial charge in [-0.25, -0.2) is 5.43 Å². The van der Waals surface area contributed by atoms with Gasteiger partial charge in [0.25, 0.3) is 0 Å². The Balaban J connectivity index is 2.26. The van der Waals surface area contributed by atoms with Crippen molar-refractivity contribution in [2.45, 2.75) is 19.4 Å². The molecule has 102 valence electrons. The van der Waals surface area contributed by atoms with Gasteiger partial charge in [0, 0.05) is 13.2 Å². The van der Waals surface area contributed by atoms with Crippen molar-refractivity contribution in [1.29, 1.82) is 0 Å². The monoisotopic (exact) mass is 260 g/mol. The van der Waals surface area contributed by atoms with E-state index in [-0.39, 0.29) is 6.04 Å². The molecule has 0 spiro atoms. The van der Waals surface area contributed by atoms with E-state index >= 15 is 0 Å². The second-order valence-corrected chi connectivity index (χ2v) is 4.40. The number of nitrogens with zero attached hydrogens (tertiary/aromatic N) is 2. The van der Waals surface area contributed by atoms with Crippen LogP contribution in [0.25, 0.3) is 0 Å². The minimum Gasteiger partial charge on any atom is -0.494 e. The number of aryl methyl sites for hydroxylation is 1. The molecular weight excluding hydrogens is 240 g/mol. The highest BCUT2D eigenvalue weighted by molar-refractivity contribution is 5.34. The molecule has 5 heteroatoms. The van der Waals surface area contributed by atoms with Crippen molar-refractivity contribution in [3.63, 3.8) is 0 Å². The van der Waals surface area contributed by atoms with Gasteiger partial charge in [0.2, 0.25) is 0 Å². The highest BCUT2D eigenvalue weighted by Crippen LogP contribution is 2.24. The molecule has 1 aromatic heterocycles. The van der Waals surface area contributed by atoms with Crippen LogP contribution in [-0.2, 0) is 7.05 Å². The summed E-state index contributed by atoms with van der Waals surface area (Å²) in [5.74, 6) is 6.55. The average Bonchev–Trinajstić information content (AvgIpc) is 2.84. The molecule has 19 heavy (non-hydrogen) atoms. The van der Waals surface area contributed by atoms with E-state index in [9.17, 15) is 0 Å². The van der Waals surface area contributed by atoms with Gasteiger partial charge in [0.15, 0.2) is 0 Å². The molecule has 0 aliphatic rings. The Bertz CT molecular complexity index is 524. The van der Waals surface area contributed by atoms with Crippen LogP contribution in [0.5, 0.6) is 5.75 Å². The van der Waals surface area contributed by atoms with E-state index in [2.05, 4.69) is 17.4 Å². The van der Waals surface area contributed by atoms with Crippen molar-refractivity contribution in [3.05, 3.63) is 47.8 Å². The number of hydrazine groups is 1. The molecule has 0 bridgehead atoms. The number of aromatic nitrogens is 2. The number of ether oxygens (including phenoxy) is 1. The van der Waals surface area contributed by atoms with Crippen LogP contribution >= 0.6 is 0 Å². The van der Waals surface area contributed by atoms with Crippen molar-refractivity contribution in [1.82, 2.24) is 15.2 Å². The zero-order valence-corrected chi connectivity index (χ0v) is 11.3. The summed E-state index contributed by atoms with van der Waals surface area (Å²) >= 11 is 0. The number of hydrogen-bond donors (Lipinski definition) is 2. The first kappa shape index (κ1) is 13.6. The molecule has 0 fully saturated rings. The Labute approximate surface area is 113 Å². The molecule has 3 N–H and O–H groups in total. The van der Waals surface area contributed by atoms with E-state index in [1.165, 1.54) is 0 Å². The summed E-state index contributed by atoms with van der Waals surface area (Å²) in [7, 11) is 1.90. The smallest absolute Gasteiger partial charge is 0.119 e. The molecular formula is C14H20N4O. The Kier molecular flexibility index (Phi) is 4.54. The maximum atomic E-state index is 5.68. The summed E-state index contributed by atoms with van der Waals surface area (Å²) in [5.41, 5.74) is 4.89. The highest BCUT2D eigenvalue weighted by Gasteiger charge is 2.16. The second kappa shape index (κ2) is 6.36. The predicted molar refractivity (Wildman–Crippen MR) is 74.6 cm³/mol.